The molecule has 34 heavy (non-hydrogen) atoms. The number of aryl methyl sites for hydroxylation is 1. The van der Waals surface area contributed by atoms with Crippen LogP contribution in [0.25, 0.3) is 0 Å². The number of benzene rings is 2. The average Bonchev–Trinajstić information content (AvgIpc) is 3.13. The first-order valence-corrected chi connectivity index (χ1v) is 13.0. The van der Waals surface area contributed by atoms with Gasteiger partial charge < -0.3 is 4.74 Å². The summed E-state index contributed by atoms with van der Waals surface area (Å²) >= 11 is 0. The Kier molecular flexibility index (Phi) is 7.19. The number of rotatable bonds is 8. The zero-order valence-corrected chi connectivity index (χ0v) is 20.4. The lowest BCUT2D eigenvalue weighted by molar-refractivity contribution is -0.122. The van der Waals surface area contributed by atoms with Crippen molar-refractivity contribution in [3.05, 3.63) is 65.7 Å². The van der Waals surface area contributed by atoms with Crippen LogP contribution in [-0.4, -0.2) is 44.2 Å². The Morgan fingerprint density at radius 2 is 1.74 bits per heavy atom. The maximum Gasteiger partial charge on any atom is 0.252 e. The van der Waals surface area contributed by atoms with Crippen LogP contribution in [0.15, 0.2) is 65.1 Å². The van der Waals surface area contributed by atoms with Gasteiger partial charge in [0, 0.05) is 6.54 Å². The molecule has 1 saturated heterocycles. The summed E-state index contributed by atoms with van der Waals surface area (Å²) in [6.45, 7) is 2.06. The number of sulfonamides is 1. The second kappa shape index (κ2) is 10.1. The van der Waals surface area contributed by atoms with Gasteiger partial charge in [-0.3, -0.25) is 9.59 Å². The number of hydrogen-bond donors (Lipinski definition) is 0. The van der Waals surface area contributed by atoms with Crippen molar-refractivity contribution in [2.24, 2.45) is 0 Å². The van der Waals surface area contributed by atoms with Gasteiger partial charge in [-0.1, -0.05) is 29.3 Å². The highest BCUT2D eigenvalue weighted by Gasteiger charge is 2.46. The van der Waals surface area contributed by atoms with E-state index in [-0.39, 0.29) is 17.9 Å². The molecular weight excluding hydrogens is 452 g/mol. The molecule has 0 radical (unpaired) electrons. The summed E-state index contributed by atoms with van der Waals surface area (Å²) in [4.78, 5) is 27.5. The largest absolute Gasteiger partial charge is 0.497 e. The van der Waals surface area contributed by atoms with Gasteiger partial charge >= 0.3 is 0 Å². The number of methoxy groups -OCH3 is 1. The van der Waals surface area contributed by atoms with E-state index in [0.29, 0.717) is 17.9 Å². The second-order valence-electron chi connectivity index (χ2n) is 8.77. The quantitative estimate of drug-likeness (QED) is 0.416. The first-order valence-electron chi connectivity index (χ1n) is 11.6. The van der Waals surface area contributed by atoms with E-state index in [0.717, 1.165) is 36.1 Å². The third-order valence-electron chi connectivity index (χ3n) is 6.47. The van der Waals surface area contributed by atoms with Crippen molar-refractivity contribution in [3.8, 4) is 5.75 Å². The fourth-order valence-corrected chi connectivity index (χ4v) is 6.10. The van der Waals surface area contributed by atoms with E-state index >= 15 is 0 Å². The molecule has 7 nitrogen and oxygen atoms in total. The molecule has 1 aliphatic carbocycles. The number of carbonyl (C=O) groups excluding carboxylic acids is 2. The fourth-order valence-electron chi connectivity index (χ4n) is 4.52. The summed E-state index contributed by atoms with van der Waals surface area (Å²) in [7, 11) is -2.52. The first kappa shape index (κ1) is 24.2. The molecule has 8 heteroatoms. The molecule has 1 atom stereocenters. The third-order valence-corrected chi connectivity index (χ3v) is 8.39. The normalized spacial score (nSPS) is 19.0. The predicted octanol–water partition coefficient (Wildman–Crippen LogP) is 4.22. The Labute approximate surface area is 201 Å². The lowest BCUT2D eigenvalue weighted by atomic mass is 9.97. The van der Waals surface area contributed by atoms with Crippen LogP contribution in [0.1, 0.15) is 44.1 Å². The van der Waals surface area contributed by atoms with Gasteiger partial charge in [-0.15, -0.1) is 0 Å². The van der Waals surface area contributed by atoms with Gasteiger partial charge in [0.1, 0.15) is 11.8 Å². The number of ether oxygens (including phenoxy) is 1. The van der Waals surface area contributed by atoms with Crippen LogP contribution < -0.4 is 9.64 Å². The Bertz CT molecular complexity index is 1190. The molecule has 2 amide bonds. The topological polar surface area (TPSA) is 84.0 Å². The lowest BCUT2D eigenvalue weighted by Gasteiger charge is -2.28. The molecule has 1 aliphatic heterocycles. The van der Waals surface area contributed by atoms with Crippen molar-refractivity contribution >= 4 is 27.5 Å². The number of amides is 2. The maximum atomic E-state index is 13.7. The molecule has 0 saturated carbocycles. The standard InChI is InChI=1S/C26H30N2O5S/c1-19-8-10-21(11-9-19)28-25(29)18-24(26(28)30)27(17-16-20-6-4-3-5-7-20)34(31,32)23-14-12-22(33-2)13-15-23/h6,8-15,24H,3-5,7,16-18H2,1-2H3. The lowest BCUT2D eigenvalue weighted by Crippen LogP contribution is -2.46. The molecule has 180 valence electrons. The van der Waals surface area contributed by atoms with Gasteiger partial charge in [-0.05, 0) is 75.4 Å². The molecule has 1 fully saturated rings. The van der Waals surface area contributed by atoms with E-state index in [1.807, 2.05) is 19.1 Å². The summed E-state index contributed by atoms with van der Waals surface area (Å²) in [5.74, 6) is -0.371. The molecule has 2 aliphatic rings. The molecule has 2 aromatic carbocycles. The van der Waals surface area contributed by atoms with Crippen LogP contribution in [-0.2, 0) is 19.6 Å². The molecule has 1 heterocycles. The van der Waals surface area contributed by atoms with Crippen molar-refractivity contribution in [3.63, 3.8) is 0 Å². The van der Waals surface area contributed by atoms with Crippen molar-refractivity contribution in [1.29, 1.82) is 0 Å². The van der Waals surface area contributed by atoms with Crippen LogP contribution in [0.4, 0.5) is 5.69 Å². The van der Waals surface area contributed by atoms with Gasteiger partial charge in [-0.25, -0.2) is 13.3 Å². The van der Waals surface area contributed by atoms with Crippen molar-refractivity contribution < 1.29 is 22.7 Å². The highest BCUT2D eigenvalue weighted by Crippen LogP contribution is 2.31. The molecule has 0 aromatic heterocycles. The highest BCUT2D eigenvalue weighted by atomic mass is 32.2. The van der Waals surface area contributed by atoms with E-state index in [1.54, 1.807) is 24.3 Å². The Morgan fingerprint density at radius 3 is 2.35 bits per heavy atom. The van der Waals surface area contributed by atoms with E-state index in [4.69, 9.17) is 4.74 Å². The van der Waals surface area contributed by atoms with Gasteiger partial charge in [0.25, 0.3) is 5.91 Å². The van der Waals surface area contributed by atoms with E-state index < -0.39 is 27.9 Å². The van der Waals surface area contributed by atoms with Crippen LogP contribution in [0.2, 0.25) is 0 Å². The van der Waals surface area contributed by atoms with E-state index in [9.17, 15) is 18.0 Å². The van der Waals surface area contributed by atoms with Crippen molar-refractivity contribution in [1.82, 2.24) is 4.31 Å². The molecular formula is C26H30N2O5S. The fraction of sp³-hybridized carbons (Fsp3) is 0.385. The Balaban J connectivity index is 1.66. The molecule has 0 bridgehead atoms. The second-order valence-corrected chi connectivity index (χ2v) is 10.7. The summed E-state index contributed by atoms with van der Waals surface area (Å²) < 4.78 is 33.8. The van der Waals surface area contributed by atoms with Crippen LogP contribution in [0.3, 0.4) is 0 Å². The molecule has 0 spiro atoms. The van der Waals surface area contributed by atoms with Crippen LogP contribution >= 0.6 is 0 Å². The summed E-state index contributed by atoms with van der Waals surface area (Å²) in [5.41, 5.74) is 2.66. The SMILES string of the molecule is COc1ccc(S(=O)(=O)N(CCC2=CCCCC2)C2CC(=O)N(c3ccc(C)cc3)C2=O)cc1. The smallest absolute Gasteiger partial charge is 0.252 e. The summed E-state index contributed by atoms with van der Waals surface area (Å²) in [6, 6.07) is 12.1. The minimum absolute atomic E-state index is 0.0694. The van der Waals surface area contributed by atoms with Gasteiger partial charge in [-0.2, -0.15) is 4.31 Å². The molecule has 0 N–H and O–H groups in total. The van der Waals surface area contributed by atoms with Gasteiger partial charge in [0.2, 0.25) is 15.9 Å². The van der Waals surface area contributed by atoms with Crippen LogP contribution in [0, 0.1) is 6.92 Å². The van der Waals surface area contributed by atoms with Gasteiger partial charge in [0.05, 0.1) is 24.1 Å². The molecule has 1 unspecified atom stereocenters. The molecule has 4 rings (SSSR count). The summed E-state index contributed by atoms with van der Waals surface area (Å²) in [6.07, 6.45) is 6.67. The predicted molar refractivity (Wildman–Crippen MR) is 130 cm³/mol. The number of nitrogens with zero attached hydrogens (tertiary/aromatic N) is 2. The number of allylic oxidation sites excluding steroid dienone is 1. The van der Waals surface area contributed by atoms with E-state index in [2.05, 4.69) is 6.08 Å². The zero-order valence-electron chi connectivity index (χ0n) is 19.6. The number of imide groups is 1. The minimum Gasteiger partial charge on any atom is -0.497 e. The zero-order chi connectivity index (χ0) is 24.3. The Hall–Kier alpha value is -2.97. The first-order chi connectivity index (χ1) is 16.3. The molecule has 2 aromatic rings. The summed E-state index contributed by atoms with van der Waals surface area (Å²) in [5, 5.41) is 0. The number of hydrogen-bond acceptors (Lipinski definition) is 5. The average molecular weight is 483 g/mol. The highest BCUT2D eigenvalue weighted by molar-refractivity contribution is 7.89. The minimum atomic E-state index is -4.03. The number of anilines is 1. The monoisotopic (exact) mass is 482 g/mol. The third kappa shape index (κ3) is 4.93. The van der Waals surface area contributed by atoms with Crippen molar-refractivity contribution in [2.45, 2.75) is 56.4 Å². The Morgan fingerprint density at radius 1 is 1.03 bits per heavy atom. The van der Waals surface area contributed by atoms with Crippen molar-refractivity contribution in [2.75, 3.05) is 18.6 Å². The van der Waals surface area contributed by atoms with Crippen LogP contribution in [0.5, 0.6) is 5.75 Å². The number of carbonyl (C=O) groups is 2. The van der Waals surface area contributed by atoms with Gasteiger partial charge in [0.15, 0.2) is 0 Å². The maximum absolute atomic E-state index is 13.7. The van der Waals surface area contributed by atoms with E-state index in [1.165, 1.54) is 29.1 Å².